The fourth-order valence-corrected chi connectivity index (χ4v) is 2.06. The second-order valence-corrected chi connectivity index (χ2v) is 4.32. The lowest BCUT2D eigenvalue weighted by Crippen LogP contribution is -2.19. The zero-order chi connectivity index (χ0) is 14.3. The normalized spacial score (nSPS) is 10.9. The molecule has 0 amide bonds. The van der Waals surface area contributed by atoms with E-state index in [0.29, 0.717) is 10.8 Å². The van der Waals surface area contributed by atoms with Crippen LogP contribution in [0.3, 0.4) is 0 Å². The predicted octanol–water partition coefficient (Wildman–Crippen LogP) is 2.27. The van der Waals surface area contributed by atoms with E-state index in [9.17, 15) is 13.6 Å². The van der Waals surface area contributed by atoms with Gasteiger partial charge in [-0.25, -0.2) is 13.5 Å². The van der Waals surface area contributed by atoms with Crippen molar-refractivity contribution in [2.45, 2.75) is 0 Å². The van der Waals surface area contributed by atoms with Crippen LogP contribution in [0.1, 0.15) is 0 Å². The maximum Gasteiger partial charge on any atom is 0.274 e. The molecule has 0 radical (unpaired) electrons. The smallest absolute Gasteiger partial charge is 0.267 e. The number of hydrogen-bond acceptors (Lipinski definition) is 3. The molecular formula is C14H9F2N3O. The van der Waals surface area contributed by atoms with Crippen molar-refractivity contribution >= 4 is 10.8 Å². The van der Waals surface area contributed by atoms with Gasteiger partial charge >= 0.3 is 0 Å². The minimum Gasteiger partial charge on any atom is -0.267 e. The van der Waals surface area contributed by atoms with Crippen LogP contribution in [0.15, 0.2) is 41.5 Å². The molecule has 0 aliphatic heterocycles. The minimum atomic E-state index is -0.731. The van der Waals surface area contributed by atoms with E-state index >= 15 is 0 Å². The third-order valence-electron chi connectivity index (χ3n) is 3.06. The van der Waals surface area contributed by atoms with Crippen LogP contribution in [0.25, 0.3) is 22.0 Å². The van der Waals surface area contributed by atoms with E-state index in [2.05, 4.69) is 10.1 Å². The molecule has 20 heavy (non-hydrogen) atoms. The Bertz CT molecular complexity index is 874. The first-order valence-electron chi connectivity index (χ1n) is 5.84. The molecule has 6 heteroatoms. The highest BCUT2D eigenvalue weighted by molar-refractivity contribution is 5.93. The lowest BCUT2D eigenvalue weighted by molar-refractivity contribution is 0.585. The van der Waals surface area contributed by atoms with E-state index in [4.69, 9.17) is 0 Å². The molecule has 0 unspecified atom stereocenters. The topological polar surface area (TPSA) is 47.8 Å². The van der Waals surface area contributed by atoms with Gasteiger partial charge in [0.1, 0.15) is 11.6 Å². The minimum absolute atomic E-state index is 0.132. The van der Waals surface area contributed by atoms with Crippen LogP contribution in [0.5, 0.6) is 0 Å². The maximum absolute atomic E-state index is 13.9. The Morgan fingerprint density at radius 2 is 1.95 bits per heavy atom. The highest BCUT2D eigenvalue weighted by Crippen LogP contribution is 2.26. The molecule has 3 aromatic rings. The maximum atomic E-state index is 13.9. The third-order valence-corrected chi connectivity index (χ3v) is 3.06. The summed E-state index contributed by atoms with van der Waals surface area (Å²) in [5, 5.41) is 4.72. The van der Waals surface area contributed by atoms with Crippen molar-refractivity contribution in [1.82, 2.24) is 14.8 Å². The summed E-state index contributed by atoms with van der Waals surface area (Å²) in [4.78, 5) is 16.1. The van der Waals surface area contributed by atoms with Crippen LogP contribution >= 0.6 is 0 Å². The van der Waals surface area contributed by atoms with Crippen LogP contribution in [0, 0.1) is 11.6 Å². The molecule has 0 N–H and O–H groups in total. The number of aromatic nitrogens is 3. The van der Waals surface area contributed by atoms with Gasteiger partial charge < -0.3 is 0 Å². The van der Waals surface area contributed by atoms with E-state index in [0.717, 1.165) is 12.1 Å². The second-order valence-electron chi connectivity index (χ2n) is 4.32. The molecule has 4 nitrogen and oxygen atoms in total. The molecule has 0 fully saturated rings. The van der Waals surface area contributed by atoms with Gasteiger partial charge in [0.25, 0.3) is 5.56 Å². The van der Waals surface area contributed by atoms with Gasteiger partial charge in [-0.15, -0.1) is 0 Å². The number of hydrogen-bond donors (Lipinski definition) is 0. The van der Waals surface area contributed by atoms with Gasteiger partial charge in [0, 0.05) is 30.3 Å². The van der Waals surface area contributed by atoms with Crippen LogP contribution < -0.4 is 5.56 Å². The first kappa shape index (κ1) is 12.4. The van der Waals surface area contributed by atoms with Crippen molar-refractivity contribution in [2.75, 3.05) is 0 Å². The van der Waals surface area contributed by atoms with Crippen LogP contribution in [0.2, 0.25) is 0 Å². The summed E-state index contributed by atoms with van der Waals surface area (Å²) in [5.41, 5.74) is 0.103. The van der Waals surface area contributed by atoms with Crippen LogP contribution in [-0.4, -0.2) is 14.8 Å². The fraction of sp³-hybridized carbons (Fsp3) is 0.0714. The number of aryl methyl sites for hydroxylation is 1. The van der Waals surface area contributed by atoms with E-state index in [1.54, 1.807) is 6.07 Å². The van der Waals surface area contributed by atoms with Crippen molar-refractivity contribution < 1.29 is 8.78 Å². The third kappa shape index (κ3) is 1.85. The highest BCUT2D eigenvalue weighted by Gasteiger charge is 2.13. The van der Waals surface area contributed by atoms with E-state index in [1.807, 2.05) is 0 Å². The monoisotopic (exact) mass is 273 g/mol. The molecule has 0 saturated carbocycles. The Kier molecular flexibility index (Phi) is 2.78. The van der Waals surface area contributed by atoms with Gasteiger partial charge in [0.2, 0.25) is 0 Å². The summed E-state index contributed by atoms with van der Waals surface area (Å²) in [5.74, 6) is -1.40. The molecule has 1 aromatic carbocycles. The van der Waals surface area contributed by atoms with Crippen molar-refractivity contribution in [2.24, 2.45) is 7.05 Å². The van der Waals surface area contributed by atoms with Gasteiger partial charge in [0.15, 0.2) is 0 Å². The van der Waals surface area contributed by atoms with Gasteiger partial charge in [-0.05, 0) is 18.2 Å². The summed E-state index contributed by atoms with van der Waals surface area (Å²) in [7, 11) is 1.53. The van der Waals surface area contributed by atoms with Gasteiger partial charge in [-0.3, -0.25) is 9.78 Å². The molecule has 3 rings (SSSR count). The SMILES string of the molecule is Cn1ncc2c(-c3ccc(F)cc3F)nccc2c1=O. The average molecular weight is 273 g/mol. The molecule has 0 aliphatic rings. The number of nitrogens with zero attached hydrogens (tertiary/aromatic N) is 3. The number of benzene rings is 1. The molecule has 0 spiro atoms. The Morgan fingerprint density at radius 1 is 1.15 bits per heavy atom. The van der Waals surface area contributed by atoms with Crippen molar-refractivity contribution in [1.29, 1.82) is 0 Å². The summed E-state index contributed by atoms with van der Waals surface area (Å²) >= 11 is 0. The predicted molar refractivity (Wildman–Crippen MR) is 70.1 cm³/mol. The number of rotatable bonds is 1. The summed E-state index contributed by atoms with van der Waals surface area (Å²) < 4.78 is 28.0. The first-order chi connectivity index (χ1) is 9.58. The molecule has 0 aliphatic carbocycles. The molecule has 0 saturated heterocycles. The number of fused-ring (bicyclic) bond motifs is 1. The van der Waals surface area contributed by atoms with E-state index < -0.39 is 11.6 Å². The summed E-state index contributed by atoms with van der Waals surface area (Å²) in [6.45, 7) is 0. The van der Waals surface area contributed by atoms with E-state index in [1.165, 1.54) is 30.2 Å². The first-order valence-corrected chi connectivity index (χ1v) is 5.84. The largest absolute Gasteiger partial charge is 0.274 e. The van der Waals surface area contributed by atoms with Crippen molar-refractivity contribution in [3.05, 3.63) is 58.6 Å². The highest BCUT2D eigenvalue weighted by atomic mass is 19.1. The Labute approximate surface area is 112 Å². The quantitative estimate of drug-likeness (QED) is 0.683. The molecule has 0 bridgehead atoms. The van der Waals surface area contributed by atoms with Crippen molar-refractivity contribution in [3.8, 4) is 11.3 Å². The zero-order valence-corrected chi connectivity index (χ0v) is 10.5. The molecule has 0 atom stereocenters. The molecule has 2 heterocycles. The molecular weight excluding hydrogens is 264 g/mol. The Balaban J connectivity index is 2.37. The number of pyridine rings is 1. The fourth-order valence-electron chi connectivity index (χ4n) is 2.06. The van der Waals surface area contributed by atoms with Gasteiger partial charge in [0.05, 0.1) is 17.3 Å². The zero-order valence-electron chi connectivity index (χ0n) is 10.5. The van der Waals surface area contributed by atoms with Crippen LogP contribution in [-0.2, 0) is 7.05 Å². The Hall–Kier alpha value is -2.63. The van der Waals surface area contributed by atoms with Crippen molar-refractivity contribution in [3.63, 3.8) is 0 Å². The molecule has 2 aromatic heterocycles. The van der Waals surface area contributed by atoms with Gasteiger partial charge in [-0.1, -0.05) is 0 Å². The average Bonchev–Trinajstić information content (AvgIpc) is 2.43. The molecule has 100 valence electrons. The standard InChI is InChI=1S/C14H9F2N3O/c1-19-14(20)9-4-5-17-13(11(9)7-18-19)10-3-2-8(15)6-12(10)16/h2-7H,1H3. The Morgan fingerprint density at radius 3 is 2.70 bits per heavy atom. The summed E-state index contributed by atoms with van der Waals surface area (Å²) in [6.07, 6.45) is 2.86. The van der Waals surface area contributed by atoms with Crippen LogP contribution in [0.4, 0.5) is 8.78 Å². The lowest BCUT2D eigenvalue weighted by atomic mass is 10.1. The second kappa shape index (κ2) is 4.48. The van der Waals surface area contributed by atoms with E-state index in [-0.39, 0.29) is 16.8 Å². The van der Waals surface area contributed by atoms with Gasteiger partial charge in [-0.2, -0.15) is 5.10 Å². The summed E-state index contributed by atoms with van der Waals surface area (Å²) in [6, 6.07) is 4.77. The lowest BCUT2D eigenvalue weighted by Gasteiger charge is -2.07. The number of halogens is 2.